The van der Waals surface area contributed by atoms with Crippen molar-refractivity contribution in [2.24, 2.45) is 0 Å². The van der Waals surface area contributed by atoms with Crippen molar-refractivity contribution in [1.29, 1.82) is 0 Å². The van der Waals surface area contributed by atoms with Crippen LogP contribution in [0.1, 0.15) is 51.5 Å². The molecule has 0 aromatic heterocycles. The summed E-state index contributed by atoms with van der Waals surface area (Å²) in [4.78, 5) is 8.00. The van der Waals surface area contributed by atoms with Gasteiger partial charge in [0.25, 0.3) is 0 Å². The van der Waals surface area contributed by atoms with E-state index in [0.29, 0.717) is 0 Å². The quantitative estimate of drug-likeness (QED) is 0.179. The van der Waals surface area contributed by atoms with E-state index in [9.17, 15) is 0 Å². The van der Waals surface area contributed by atoms with Gasteiger partial charge in [0.1, 0.15) is 0 Å². The molecule has 5 aromatic carbocycles. The number of nitrogens with zero attached hydrogens (tertiary/aromatic N) is 2. The molecule has 10 rings (SSSR count). The lowest BCUT2D eigenvalue weighted by molar-refractivity contribution is 0.191. The molecular formula is C45H39BN2S. The smallest absolute Gasteiger partial charge is 0.249 e. The van der Waals surface area contributed by atoms with E-state index in [1.807, 2.05) is 11.8 Å². The van der Waals surface area contributed by atoms with Gasteiger partial charge in [-0.05, 0) is 102 Å². The lowest BCUT2D eigenvalue weighted by Crippen LogP contribution is -2.60. The Balaban J connectivity index is 1.15. The summed E-state index contributed by atoms with van der Waals surface area (Å²) in [7, 11) is 0. The maximum Gasteiger partial charge on any atom is 0.249 e. The highest BCUT2D eigenvalue weighted by Gasteiger charge is 2.61. The molecule has 2 atom stereocenters. The molecule has 5 aromatic rings. The van der Waals surface area contributed by atoms with Gasteiger partial charge in [0.05, 0.1) is 5.54 Å². The van der Waals surface area contributed by atoms with Crippen molar-refractivity contribution < 1.29 is 0 Å². The minimum absolute atomic E-state index is 0.0768. The van der Waals surface area contributed by atoms with Crippen molar-refractivity contribution >= 4 is 52.1 Å². The van der Waals surface area contributed by atoms with E-state index >= 15 is 0 Å². The third-order valence-electron chi connectivity index (χ3n) is 12.3. The highest BCUT2D eigenvalue weighted by molar-refractivity contribution is 8.04. The summed E-state index contributed by atoms with van der Waals surface area (Å²) in [6.07, 6.45) is 13.4. The van der Waals surface area contributed by atoms with Crippen LogP contribution >= 0.6 is 11.8 Å². The number of rotatable bonds is 4. The largest absolute Gasteiger partial charge is 0.335 e. The first kappa shape index (κ1) is 29.3. The molecule has 1 fully saturated rings. The molecule has 0 N–H and O–H groups in total. The fraction of sp³-hybridized carbons (Fsp3) is 0.200. The topological polar surface area (TPSA) is 6.48 Å². The zero-order chi connectivity index (χ0) is 32.7. The first-order valence-corrected chi connectivity index (χ1v) is 18.7. The van der Waals surface area contributed by atoms with E-state index in [1.54, 1.807) is 5.56 Å². The van der Waals surface area contributed by atoms with Gasteiger partial charge in [0.15, 0.2) is 0 Å². The van der Waals surface area contributed by atoms with Crippen molar-refractivity contribution in [2.75, 3.05) is 9.80 Å². The summed E-state index contributed by atoms with van der Waals surface area (Å²) in [6, 6.07) is 45.0. The summed E-state index contributed by atoms with van der Waals surface area (Å²) in [5.74, 6) is 0. The van der Waals surface area contributed by atoms with Crippen LogP contribution in [0.5, 0.6) is 0 Å². The Bertz CT molecular complexity index is 2200. The first-order valence-electron chi connectivity index (χ1n) is 17.9. The summed E-state index contributed by atoms with van der Waals surface area (Å²) in [5, 5.41) is 0. The van der Waals surface area contributed by atoms with Crippen LogP contribution in [0.4, 0.5) is 22.7 Å². The van der Waals surface area contributed by atoms with Gasteiger partial charge < -0.3 is 9.80 Å². The van der Waals surface area contributed by atoms with Gasteiger partial charge in [-0.25, -0.2) is 0 Å². The van der Waals surface area contributed by atoms with Crippen LogP contribution in [0, 0.1) is 0 Å². The summed E-state index contributed by atoms with van der Waals surface area (Å²) in [6.45, 7) is 5.34. The molecule has 2 nitrogen and oxygen atoms in total. The predicted molar refractivity (Wildman–Crippen MR) is 209 cm³/mol. The molecule has 0 radical (unpaired) electrons. The molecule has 5 aliphatic rings. The number of para-hydroxylation sites is 3. The lowest BCUT2D eigenvalue weighted by atomic mass is 9.34. The zero-order valence-corrected chi connectivity index (χ0v) is 29.0. The van der Waals surface area contributed by atoms with Crippen molar-refractivity contribution in [3.8, 4) is 11.1 Å². The first-order chi connectivity index (χ1) is 24.0. The molecule has 238 valence electrons. The van der Waals surface area contributed by atoms with Crippen molar-refractivity contribution in [1.82, 2.24) is 0 Å². The van der Waals surface area contributed by atoms with E-state index in [1.165, 1.54) is 74.4 Å². The number of fused-ring (bicyclic) bond motifs is 7. The second kappa shape index (κ2) is 10.9. The summed E-state index contributed by atoms with van der Waals surface area (Å²) < 4.78 is 0. The van der Waals surface area contributed by atoms with Crippen molar-refractivity contribution in [3.05, 3.63) is 161 Å². The Morgan fingerprint density at radius 3 is 2.20 bits per heavy atom. The van der Waals surface area contributed by atoms with Crippen LogP contribution < -0.4 is 20.7 Å². The highest BCUT2D eigenvalue weighted by Crippen LogP contribution is 2.61. The van der Waals surface area contributed by atoms with Gasteiger partial charge in [-0.1, -0.05) is 128 Å². The summed E-state index contributed by atoms with van der Waals surface area (Å²) >= 11 is 1.98. The Morgan fingerprint density at radius 1 is 0.694 bits per heavy atom. The van der Waals surface area contributed by atoms with E-state index in [4.69, 9.17) is 0 Å². The standard InChI is InChI=1S/C45H39BN2S/c1-44-27-11-12-28-45(44,2)48-39-23-9-10-24-41-42(39)46(37-22-14-21-36(44)43(37)48)38-30-32(25-26-40(38)49-41)31-15-13-20-35(29-31)47(33-16-5-3-6-17-33)34-18-7-4-8-19-34/h3-9,13-26,29-30H,10-12,27-28H2,1-2H3. The molecule has 0 spiro atoms. The Hall–Kier alpha value is -4.67. The Morgan fingerprint density at radius 2 is 1.41 bits per heavy atom. The molecule has 49 heavy (non-hydrogen) atoms. The van der Waals surface area contributed by atoms with Crippen molar-refractivity contribution in [3.63, 3.8) is 0 Å². The van der Waals surface area contributed by atoms with E-state index in [0.717, 1.165) is 23.5 Å². The van der Waals surface area contributed by atoms with Crippen LogP contribution in [0.2, 0.25) is 0 Å². The second-order valence-electron chi connectivity index (χ2n) is 14.7. The van der Waals surface area contributed by atoms with Crippen LogP contribution in [0.25, 0.3) is 11.1 Å². The Kier molecular flexibility index (Phi) is 6.52. The number of benzene rings is 5. The second-order valence-corrected chi connectivity index (χ2v) is 15.8. The van der Waals surface area contributed by atoms with E-state index in [-0.39, 0.29) is 17.7 Å². The number of hydrogen-bond donors (Lipinski definition) is 0. The molecule has 1 saturated carbocycles. The van der Waals surface area contributed by atoms with Crippen LogP contribution in [-0.2, 0) is 5.41 Å². The SMILES string of the molecule is CC12CCCCC1(C)N1C3=C4B(c5cc(-c6cccc(N(c7ccccc7)c7ccccc7)c6)ccc5SC4=CCC=C3)c3cccc2c31. The van der Waals surface area contributed by atoms with Gasteiger partial charge in [0, 0.05) is 43.7 Å². The molecule has 2 aliphatic carbocycles. The zero-order valence-electron chi connectivity index (χ0n) is 28.2. The summed E-state index contributed by atoms with van der Waals surface area (Å²) in [5.41, 5.74) is 15.1. The molecule has 0 saturated heterocycles. The molecule has 0 bridgehead atoms. The maximum atomic E-state index is 2.82. The molecule has 0 amide bonds. The van der Waals surface area contributed by atoms with Gasteiger partial charge in [-0.2, -0.15) is 0 Å². The lowest BCUT2D eigenvalue weighted by Gasteiger charge is -2.52. The molecular weight excluding hydrogens is 611 g/mol. The molecule has 3 heterocycles. The van der Waals surface area contributed by atoms with Gasteiger partial charge in [-0.15, -0.1) is 0 Å². The predicted octanol–water partition coefficient (Wildman–Crippen LogP) is 10.6. The number of anilines is 4. The highest BCUT2D eigenvalue weighted by atomic mass is 32.2. The maximum absolute atomic E-state index is 2.82. The minimum atomic E-state index is 0.0768. The van der Waals surface area contributed by atoms with Gasteiger partial charge >= 0.3 is 0 Å². The third-order valence-corrected chi connectivity index (χ3v) is 13.5. The number of hydrogen-bond acceptors (Lipinski definition) is 3. The van der Waals surface area contributed by atoms with Crippen LogP contribution in [0.3, 0.4) is 0 Å². The van der Waals surface area contributed by atoms with E-state index < -0.39 is 0 Å². The minimum Gasteiger partial charge on any atom is -0.335 e. The number of allylic oxidation sites excluding steroid dienone is 4. The molecule has 3 aliphatic heterocycles. The Labute approximate surface area is 295 Å². The fourth-order valence-electron chi connectivity index (χ4n) is 9.73. The van der Waals surface area contributed by atoms with E-state index in [2.05, 4.69) is 163 Å². The fourth-order valence-corrected chi connectivity index (χ4v) is 10.9. The molecule has 4 heteroatoms. The van der Waals surface area contributed by atoms with Crippen LogP contribution in [0.15, 0.2) is 161 Å². The van der Waals surface area contributed by atoms with Gasteiger partial charge in [-0.3, -0.25) is 0 Å². The average molecular weight is 651 g/mol. The monoisotopic (exact) mass is 650 g/mol. The van der Waals surface area contributed by atoms with Crippen molar-refractivity contribution in [2.45, 2.75) is 61.8 Å². The number of thioether (sulfide) groups is 1. The van der Waals surface area contributed by atoms with Crippen LogP contribution in [-0.4, -0.2) is 12.3 Å². The third kappa shape index (κ3) is 4.16. The van der Waals surface area contributed by atoms with Gasteiger partial charge in [0.2, 0.25) is 6.71 Å². The average Bonchev–Trinajstić information content (AvgIpc) is 3.23. The normalized spacial score (nSPS) is 22.9. The molecule has 2 unspecified atom stereocenters.